The fourth-order valence-corrected chi connectivity index (χ4v) is 3.90. The largest absolute Gasteiger partial charge is 0.340 e. The van der Waals surface area contributed by atoms with Gasteiger partial charge in [-0.3, -0.25) is 14.8 Å². The second-order valence-corrected chi connectivity index (χ2v) is 7.91. The van der Waals surface area contributed by atoms with E-state index in [1.54, 1.807) is 25.5 Å². The molecule has 1 aliphatic heterocycles. The van der Waals surface area contributed by atoms with Gasteiger partial charge in [0.25, 0.3) is 0 Å². The molecule has 0 saturated carbocycles. The molecular formula is C23H26N6O. The summed E-state index contributed by atoms with van der Waals surface area (Å²) in [6.45, 7) is 6.37. The highest BCUT2D eigenvalue weighted by atomic mass is 16.2. The highest BCUT2D eigenvalue weighted by Crippen LogP contribution is 2.31. The van der Waals surface area contributed by atoms with Crippen LogP contribution in [-0.2, 0) is 4.79 Å². The molecule has 7 nitrogen and oxygen atoms in total. The normalized spacial score (nSPS) is 18.8. The fraction of sp³-hybridized carbons (Fsp3) is 0.348. The number of hydrogen-bond acceptors (Lipinski definition) is 6. The van der Waals surface area contributed by atoms with Crippen LogP contribution < -0.4 is 5.32 Å². The van der Waals surface area contributed by atoms with Gasteiger partial charge in [0.2, 0.25) is 5.91 Å². The van der Waals surface area contributed by atoms with Gasteiger partial charge in [-0.15, -0.1) is 0 Å². The summed E-state index contributed by atoms with van der Waals surface area (Å²) in [5.74, 6) is 1.65. The molecule has 1 amide bonds. The maximum absolute atomic E-state index is 12.1. The van der Waals surface area contributed by atoms with Crippen LogP contribution in [0.1, 0.15) is 44.0 Å². The van der Waals surface area contributed by atoms with Crippen molar-refractivity contribution in [3.8, 4) is 11.3 Å². The molecule has 0 radical (unpaired) electrons. The van der Waals surface area contributed by atoms with E-state index in [1.165, 1.54) is 0 Å². The van der Waals surface area contributed by atoms with Crippen LogP contribution in [0.4, 0.5) is 11.5 Å². The summed E-state index contributed by atoms with van der Waals surface area (Å²) >= 11 is 0. The minimum absolute atomic E-state index is 0.0953. The molecule has 1 fully saturated rings. The van der Waals surface area contributed by atoms with E-state index in [4.69, 9.17) is 9.97 Å². The third-order valence-electron chi connectivity index (χ3n) is 5.50. The number of aromatic nitrogens is 4. The van der Waals surface area contributed by atoms with Crippen LogP contribution in [-0.4, -0.2) is 43.3 Å². The van der Waals surface area contributed by atoms with Crippen LogP contribution in [0.15, 0.2) is 49.1 Å². The van der Waals surface area contributed by atoms with Gasteiger partial charge in [0.05, 0.1) is 17.6 Å². The van der Waals surface area contributed by atoms with Crippen molar-refractivity contribution in [1.82, 2.24) is 24.8 Å². The van der Waals surface area contributed by atoms with Crippen molar-refractivity contribution in [3.05, 3.63) is 60.4 Å². The van der Waals surface area contributed by atoms with E-state index in [0.29, 0.717) is 12.4 Å². The molecule has 0 spiro atoms. The molecule has 1 saturated heterocycles. The van der Waals surface area contributed by atoms with Crippen LogP contribution in [0, 0.1) is 6.92 Å². The minimum atomic E-state index is 0.0953. The van der Waals surface area contributed by atoms with Crippen LogP contribution in [0.5, 0.6) is 0 Å². The van der Waals surface area contributed by atoms with E-state index in [9.17, 15) is 4.79 Å². The number of amides is 1. The number of nitrogens with zero attached hydrogens (tertiary/aromatic N) is 5. The maximum atomic E-state index is 12.1. The first-order chi connectivity index (χ1) is 14.5. The van der Waals surface area contributed by atoms with Gasteiger partial charge >= 0.3 is 0 Å². The van der Waals surface area contributed by atoms with Gasteiger partial charge in [0.15, 0.2) is 0 Å². The Morgan fingerprint density at radius 3 is 2.73 bits per heavy atom. The molecule has 0 aliphatic carbocycles. The topological polar surface area (TPSA) is 83.9 Å². The molecule has 2 atom stereocenters. The van der Waals surface area contributed by atoms with E-state index in [-0.39, 0.29) is 17.9 Å². The van der Waals surface area contributed by atoms with Gasteiger partial charge < -0.3 is 10.2 Å². The van der Waals surface area contributed by atoms with E-state index < -0.39 is 0 Å². The number of nitrogens with one attached hydrogen (secondary N) is 1. The molecule has 0 bridgehead atoms. The minimum Gasteiger partial charge on any atom is -0.340 e. The molecule has 4 heterocycles. The van der Waals surface area contributed by atoms with Gasteiger partial charge in [-0.25, -0.2) is 9.97 Å². The average Bonchev–Trinajstić information content (AvgIpc) is 2.74. The van der Waals surface area contributed by atoms with Crippen molar-refractivity contribution in [2.24, 2.45) is 0 Å². The van der Waals surface area contributed by atoms with Crippen LogP contribution in [0.25, 0.3) is 11.3 Å². The lowest BCUT2D eigenvalue weighted by atomic mass is 9.92. The standard InChI is InChI=1S/C23H26N6O/c1-15-9-20(13-25-11-15)26-22-10-21(18-5-4-8-24-12-18)27-23(28-22)19-7-6-16(2)29(14-19)17(3)30/h4-5,8-13,16,19H,6-7,14H2,1-3H3,(H,26,27,28)/t16-,19+/m0/s1. The van der Waals surface area contributed by atoms with E-state index in [0.717, 1.165) is 41.2 Å². The molecule has 3 aromatic heterocycles. The zero-order chi connectivity index (χ0) is 21.1. The summed E-state index contributed by atoms with van der Waals surface area (Å²) in [6.07, 6.45) is 9.03. The van der Waals surface area contributed by atoms with E-state index >= 15 is 0 Å². The van der Waals surface area contributed by atoms with Crippen molar-refractivity contribution in [2.45, 2.75) is 45.6 Å². The van der Waals surface area contributed by atoms with Crippen LogP contribution >= 0.6 is 0 Å². The van der Waals surface area contributed by atoms with Crippen molar-refractivity contribution < 1.29 is 4.79 Å². The Labute approximate surface area is 176 Å². The number of hydrogen-bond donors (Lipinski definition) is 1. The van der Waals surface area contributed by atoms with Crippen molar-refractivity contribution in [3.63, 3.8) is 0 Å². The number of rotatable bonds is 4. The zero-order valence-electron chi connectivity index (χ0n) is 17.5. The lowest BCUT2D eigenvalue weighted by molar-refractivity contribution is -0.132. The summed E-state index contributed by atoms with van der Waals surface area (Å²) in [5, 5.41) is 3.36. The molecule has 154 valence electrons. The number of aryl methyl sites for hydroxylation is 1. The summed E-state index contributed by atoms with van der Waals surface area (Å²) in [4.78, 5) is 32.2. The molecule has 30 heavy (non-hydrogen) atoms. The molecule has 0 aromatic carbocycles. The Balaban J connectivity index is 1.71. The highest BCUT2D eigenvalue weighted by Gasteiger charge is 2.30. The SMILES string of the molecule is CC(=O)N1C[C@H](c2nc(Nc3cncc(C)c3)cc(-c3cccnc3)n2)CC[C@@H]1C. The first-order valence-electron chi connectivity index (χ1n) is 10.2. The second kappa shape index (κ2) is 8.57. The Morgan fingerprint density at radius 1 is 1.13 bits per heavy atom. The zero-order valence-corrected chi connectivity index (χ0v) is 17.5. The molecule has 0 unspecified atom stereocenters. The third-order valence-corrected chi connectivity index (χ3v) is 5.50. The molecule has 1 N–H and O–H groups in total. The van der Waals surface area contributed by atoms with Crippen LogP contribution in [0.3, 0.4) is 0 Å². The fourth-order valence-electron chi connectivity index (χ4n) is 3.90. The van der Waals surface area contributed by atoms with Crippen molar-refractivity contribution in [1.29, 1.82) is 0 Å². The predicted molar refractivity (Wildman–Crippen MR) is 116 cm³/mol. The lowest BCUT2D eigenvalue weighted by Crippen LogP contribution is -2.44. The molecule has 1 aliphatic rings. The van der Waals surface area contributed by atoms with Crippen molar-refractivity contribution >= 4 is 17.4 Å². The van der Waals surface area contributed by atoms with Crippen molar-refractivity contribution in [2.75, 3.05) is 11.9 Å². The average molecular weight is 403 g/mol. The lowest BCUT2D eigenvalue weighted by Gasteiger charge is -2.37. The summed E-state index contributed by atoms with van der Waals surface area (Å²) in [7, 11) is 0. The van der Waals surface area contributed by atoms with Gasteiger partial charge in [0, 0.05) is 55.6 Å². The Hall–Kier alpha value is -3.35. The Bertz CT molecular complexity index is 1040. The summed E-state index contributed by atoms with van der Waals surface area (Å²) in [6, 6.07) is 8.09. The van der Waals surface area contributed by atoms with Gasteiger partial charge in [-0.2, -0.15) is 0 Å². The predicted octanol–water partition coefficient (Wildman–Crippen LogP) is 4.10. The molecule has 3 aromatic rings. The number of carbonyl (C=O) groups is 1. The van der Waals surface area contributed by atoms with Gasteiger partial charge in [-0.05, 0) is 50.5 Å². The summed E-state index contributed by atoms with van der Waals surface area (Å²) in [5.41, 5.74) is 3.68. The highest BCUT2D eigenvalue weighted by molar-refractivity contribution is 5.73. The number of likely N-dealkylation sites (tertiary alicyclic amines) is 1. The first kappa shape index (κ1) is 19.9. The second-order valence-electron chi connectivity index (χ2n) is 7.91. The van der Waals surface area contributed by atoms with Crippen LogP contribution in [0.2, 0.25) is 0 Å². The number of piperidine rings is 1. The first-order valence-corrected chi connectivity index (χ1v) is 10.2. The number of anilines is 2. The Morgan fingerprint density at radius 2 is 2.00 bits per heavy atom. The van der Waals surface area contributed by atoms with E-state index in [2.05, 4.69) is 22.2 Å². The smallest absolute Gasteiger partial charge is 0.219 e. The molecule has 7 heteroatoms. The summed E-state index contributed by atoms with van der Waals surface area (Å²) < 4.78 is 0. The van der Waals surface area contributed by atoms with Gasteiger partial charge in [0.1, 0.15) is 11.6 Å². The monoisotopic (exact) mass is 402 g/mol. The molecular weight excluding hydrogens is 376 g/mol. The Kier molecular flexibility index (Phi) is 5.70. The quantitative estimate of drug-likeness (QED) is 0.707. The molecule has 4 rings (SSSR count). The maximum Gasteiger partial charge on any atom is 0.219 e. The third kappa shape index (κ3) is 4.45. The number of pyridine rings is 2. The van der Waals surface area contributed by atoms with Gasteiger partial charge in [-0.1, -0.05) is 0 Å². The van der Waals surface area contributed by atoms with E-state index in [1.807, 2.05) is 42.3 Å². The number of carbonyl (C=O) groups excluding carboxylic acids is 1.